The number of nitrogens with zero attached hydrogens (tertiary/aromatic N) is 4. The van der Waals surface area contributed by atoms with E-state index in [-0.39, 0.29) is 22.8 Å². The lowest BCUT2D eigenvalue weighted by Gasteiger charge is -2.31. The third-order valence-corrected chi connectivity index (χ3v) is 6.25. The van der Waals surface area contributed by atoms with E-state index in [1.165, 1.54) is 0 Å². The number of benzene rings is 2. The standard InChI is InChI=1S/C25H30N6O2/c1-25(2,15-31-12-4-5-22(31)32)17-8-11-19-21(14-17)30(3)23(33)20(29-19)13-16-6-9-18(10-7-16)28-24(26)27/h6-11,14H,4-5,12-13,15H2,1-3H3,(H4,26,27,28). The Kier molecular flexibility index (Phi) is 5.93. The normalized spacial score (nSPS) is 14.2. The molecule has 1 aliphatic heterocycles. The number of guanidine groups is 1. The predicted molar refractivity (Wildman–Crippen MR) is 131 cm³/mol. The van der Waals surface area contributed by atoms with Crippen LogP contribution in [0.2, 0.25) is 0 Å². The van der Waals surface area contributed by atoms with Crippen molar-refractivity contribution in [1.82, 2.24) is 14.5 Å². The average molecular weight is 447 g/mol. The maximum Gasteiger partial charge on any atom is 0.272 e. The van der Waals surface area contributed by atoms with Crippen molar-refractivity contribution >= 4 is 28.6 Å². The number of carbonyl (C=O) groups is 1. The van der Waals surface area contributed by atoms with E-state index in [1.54, 1.807) is 23.7 Å². The van der Waals surface area contributed by atoms with Gasteiger partial charge in [-0.15, -0.1) is 0 Å². The molecule has 1 amide bonds. The van der Waals surface area contributed by atoms with E-state index in [4.69, 9.17) is 11.5 Å². The fourth-order valence-electron chi connectivity index (χ4n) is 4.39. The van der Waals surface area contributed by atoms with Crippen LogP contribution in [-0.2, 0) is 23.7 Å². The molecule has 8 nitrogen and oxygen atoms in total. The molecule has 2 heterocycles. The Balaban J connectivity index is 1.63. The minimum Gasteiger partial charge on any atom is -0.370 e. The van der Waals surface area contributed by atoms with E-state index in [9.17, 15) is 9.59 Å². The van der Waals surface area contributed by atoms with Crippen molar-refractivity contribution in [3.8, 4) is 0 Å². The molecule has 0 radical (unpaired) electrons. The molecule has 0 atom stereocenters. The Morgan fingerprint density at radius 3 is 2.48 bits per heavy atom. The van der Waals surface area contributed by atoms with Crippen LogP contribution in [-0.4, -0.2) is 39.4 Å². The van der Waals surface area contributed by atoms with E-state index < -0.39 is 0 Å². The molecule has 3 aromatic rings. The SMILES string of the molecule is Cn1c(=O)c(Cc2ccc(N=C(N)N)cc2)nc2ccc(C(C)(C)CN3CCCC3=O)cc21. The van der Waals surface area contributed by atoms with Crippen molar-refractivity contribution in [3.63, 3.8) is 0 Å². The molecule has 1 aromatic heterocycles. The lowest BCUT2D eigenvalue weighted by Crippen LogP contribution is -2.37. The summed E-state index contributed by atoms with van der Waals surface area (Å²) >= 11 is 0. The maximum atomic E-state index is 13.1. The highest BCUT2D eigenvalue weighted by Crippen LogP contribution is 2.28. The molecule has 0 saturated carbocycles. The molecule has 4 N–H and O–H groups in total. The minimum absolute atomic E-state index is 0.00221. The van der Waals surface area contributed by atoms with Gasteiger partial charge in [-0.25, -0.2) is 9.98 Å². The van der Waals surface area contributed by atoms with Crippen LogP contribution < -0.4 is 17.0 Å². The number of aryl methyl sites for hydroxylation is 1. The Bertz CT molecular complexity index is 1290. The zero-order valence-corrected chi connectivity index (χ0v) is 19.3. The molecule has 0 unspecified atom stereocenters. The van der Waals surface area contributed by atoms with Gasteiger partial charge in [0.2, 0.25) is 5.91 Å². The van der Waals surface area contributed by atoms with Crippen molar-refractivity contribution in [2.45, 2.75) is 38.5 Å². The Labute approximate surface area is 192 Å². The molecular formula is C25H30N6O2. The lowest BCUT2D eigenvalue weighted by molar-refractivity contribution is -0.128. The molecule has 1 fully saturated rings. The molecule has 1 saturated heterocycles. The summed E-state index contributed by atoms with van der Waals surface area (Å²) in [7, 11) is 1.78. The van der Waals surface area contributed by atoms with Crippen LogP contribution in [0.3, 0.4) is 0 Å². The van der Waals surface area contributed by atoms with E-state index in [0.29, 0.717) is 30.8 Å². The van der Waals surface area contributed by atoms with Gasteiger partial charge in [0.15, 0.2) is 5.96 Å². The monoisotopic (exact) mass is 446 g/mol. The second-order valence-electron chi connectivity index (χ2n) is 9.31. The number of carbonyl (C=O) groups excluding carboxylic acids is 1. The maximum absolute atomic E-state index is 13.1. The van der Waals surface area contributed by atoms with Crippen LogP contribution in [0.1, 0.15) is 43.5 Å². The minimum atomic E-state index is -0.236. The van der Waals surface area contributed by atoms with Crippen LogP contribution >= 0.6 is 0 Å². The number of amides is 1. The smallest absolute Gasteiger partial charge is 0.272 e. The first kappa shape index (κ1) is 22.5. The Hall–Kier alpha value is -3.68. The largest absolute Gasteiger partial charge is 0.370 e. The van der Waals surface area contributed by atoms with Crippen LogP contribution in [0.25, 0.3) is 11.0 Å². The van der Waals surface area contributed by atoms with Gasteiger partial charge in [0.1, 0.15) is 5.69 Å². The van der Waals surface area contributed by atoms with Gasteiger partial charge in [-0.1, -0.05) is 32.0 Å². The van der Waals surface area contributed by atoms with Crippen LogP contribution in [0.4, 0.5) is 5.69 Å². The molecule has 4 rings (SSSR count). The number of hydrogen-bond acceptors (Lipinski definition) is 4. The fourth-order valence-corrected chi connectivity index (χ4v) is 4.39. The highest BCUT2D eigenvalue weighted by atomic mass is 16.2. The van der Waals surface area contributed by atoms with Gasteiger partial charge in [-0.2, -0.15) is 0 Å². The first-order valence-electron chi connectivity index (χ1n) is 11.1. The summed E-state index contributed by atoms with van der Waals surface area (Å²) in [5.74, 6) is 0.219. The Morgan fingerprint density at radius 1 is 1.12 bits per heavy atom. The number of nitrogens with two attached hydrogens (primary N) is 2. The molecule has 0 bridgehead atoms. The van der Waals surface area contributed by atoms with Gasteiger partial charge in [-0.05, 0) is 41.8 Å². The molecule has 0 spiro atoms. The lowest BCUT2D eigenvalue weighted by atomic mass is 9.84. The van der Waals surface area contributed by atoms with Crippen molar-refractivity contribution in [2.75, 3.05) is 13.1 Å². The van der Waals surface area contributed by atoms with Crippen molar-refractivity contribution in [1.29, 1.82) is 0 Å². The zero-order chi connectivity index (χ0) is 23.8. The Morgan fingerprint density at radius 2 is 1.85 bits per heavy atom. The summed E-state index contributed by atoms with van der Waals surface area (Å²) in [5, 5.41) is 0. The molecular weight excluding hydrogens is 416 g/mol. The first-order valence-corrected chi connectivity index (χ1v) is 11.1. The van der Waals surface area contributed by atoms with Gasteiger partial charge >= 0.3 is 0 Å². The number of likely N-dealkylation sites (tertiary alicyclic amines) is 1. The third kappa shape index (κ3) is 4.74. The zero-order valence-electron chi connectivity index (χ0n) is 19.3. The van der Waals surface area contributed by atoms with Crippen molar-refractivity contribution in [2.24, 2.45) is 23.5 Å². The average Bonchev–Trinajstić information content (AvgIpc) is 3.16. The molecule has 2 aromatic carbocycles. The first-order chi connectivity index (χ1) is 15.6. The number of aliphatic imine (C=N–C) groups is 1. The van der Waals surface area contributed by atoms with Crippen molar-refractivity contribution in [3.05, 3.63) is 69.6 Å². The molecule has 33 heavy (non-hydrogen) atoms. The van der Waals surface area contributed by atoms with Gasteiger partial charge < -0.3 is 20.9 Å². The number of rotatable bonds is 6. The van der Waals surface area contributed by atoms with Crippen LogP contribution in [0.15, 0.2) is 52.3 Å². The highest BCUT2D eigenvalue weighted by molar-refractivity contribution is 5.79. The second-order valence-corrected chi connectivity index (χ2v) is 9.31. The predicted octanol–water partition coefficient (Wildman–Crippen LogP) is 2.33. The van der Waals surface area contributed by atoms with E-state index in [1.807, 2.05) is 35.2 Å². The van der Waals surface area contributed by atoms with Gasteiger partial charge in [0.25, 0.3) is 5.56 Å². The van der Waals surface area contributed by atoms with Crippen molar-refractivity contribution < 1.29 is 4.79 Å². The molecule has 0 aliphatic carbocycles. The quantitative estimate of drug-likeness (QED) is 0.445. The fraction of sp³-hybridized carbons (Fsp3) is 0.360. The number of aromatic nitrogens is 2. The summed E-state index contributed by atoms with van der Waals surface area (Å²) in [6.45, 7) is 5.73. The summed E-state index contributed by atoms with van der Waals surface area (Å²) in [4.78, 5) is 35.8. The van der Waals surface area contributed by atoms with Crippen LogP contribution in [0, 0.1) is 0 Å². The van der Waals surface area contributed by atoms with Gasteiger partial charge in [0.05, 0.1) is 16.7 Å². The summed E-state index contributed by atoms with van der Waals surface area (Å²) in [6.07, 6.45) is 1.96. The molecule has 8 heteroatoms. The molecule has 172 valence electrons. The van der Waals surface area contributed by atoms with E-state index in [2.05, 4.69) is 23.8 Å². The number of hydrogen-bond donors (Lipinski definition) is 2. The summed E-state index contributed by atoms with van der Waals surface area (Å²) in [6, 6.07) is 13.4. The second kappa shape index (κ2) is 8.69. The van der Waals surface area contributed by atoms with Crippen LogP contribution in [0.5, 0.6) is 0 Å². The summed E-state index contributed by atoms with van der Waals surface area (Å²) in [5.41, 5.74) is 15.2. The topological polar surface area (TPSA) is 120 Å². The number of fused-ring (bicyclic) bond motifs is 1. The van der Waals surface area contributed by atoms with Gasteiger partial charge in [-0.3, -0.25) is 9.59 Å². The summed E-state index contributed by atoms with van der Waals surface area (Å²) < 4.78 is 1.66. The van der Waals surface area contributed by atoms with E-state index in [0.717, 1.165) is 35.1 Å². The van der Waals surface area contributed by atoms with E-state index >= 15 is 0 Å². The molecule has 1 aliphatic rings. The van der Waals surface area contributed by atoms with Gasteiger partial charge in [0, 0.05) is 38.4 Å². The third-order valence-electron chi connectivity index (χ3n) is 6.25. The highest BCUT2D eigenvalue weighted by Gasteiger charge is 2.29.